The highest BCUT2D eigenvalue weighted by Crippen LogP contribution is 2.11. The molecule has 0 aliphatic heterocycles. The van der Waals surface area contributed by atoms with Crippen LogP contribution in [0.4, 0.5) is 5.82 Å². The molecular weight excluding hydrogens is 232 g/mol. The van der Waals surface area contributed by atoms with Gasteiger partial charge in [-0.3, -0.25) is 4.90 Å². The van der Waals surface area contributed by atoms with Crippen LogP contribution in [-0.2, 0) is 13.1 Å². The molecule has 2 rings (SSSR count). The molecule has 0 amide bonds. The van der Waals surface area contributed by atoms with Crippen LogP contribution in [0.2, 0.25) is 0 Å². The van der Waals surface area contributed by atoms with Crippen molar-refractivity contribution in [1.82, 2.24) is 14.9 Å². The van der Waals surface area contributed by atoms with Gasteiger partial charge in [0.25, 0.3) is 0 Å². The van der Waals surface area contributed by atoms with Crippen molar-refractivity contribution in [1.29, 1.82) is 0 Å². The Morgan fingerprint density at radius 1 is 1.35 bits per heavy atom. The van der Waals surface area contributed by atoms with Crippen LogP contribution in [-0.4, -0.2) is 21.9 Å². The van der Waals surface area contributed by atoms with E-state index in [4.69, 9.17) is 5.73 Å². The first-order valence-electron chi connectivity index (χ1n) is 5.43. The molecule has 0 spiro atoms. The Kier molecular flexibility index (Phi) is 3.71. The molecular formula is C12H16N4S. The molecule has 4 nitrogen and oxygen atoms in total. The third-order valence-electron chi connectivity index (χ3n) is 2.40. The molecule has 17 heavy (non-hydrogen) atoms. The lowest BCUT2D eigenvalue weighted by Gasteiger charge is -2.14. The molecule has 0 saturated heterocycles. The molecule has 0 radical (unpaired) electrons. The fourth-order valence-electron chi connectivity index (χ4n) is 1.65. The number of aryl methyl sites for hydroxylation is 1. The SMILES string of the molecule is Cc1nc(CN(C)Cc2ccc(N)nc2)cs1. The van der Waals surface area contributed by atoms with Crippen molar-refractivity contribution in [2.24, 2.45) is 0 Å². The molecule has 0 aromatic carbocycles. The van der Waals surface area contributed by atoms with Gasteiger partial charge < -0.3 is 5.73 Å². The summed E-state index contributed by atoms with van der Waals surface area (Å²) in [6.45, 7) is 3.73. The van der Waals surface area contributed by atoms with E-state index >= 15 is 0 Å². The Bertz CT molecular complexity index is 478. The van der Waals surface area contributed by atoms with Gasteiger partial charge in [0.05, 0.1) is 10.7 Å². The Balaban J connectivity index is 1.93. The number of nitrogens with zero attached hydrogens (tertiary/aromatic N) is 3. The standard InChI is InChI=1S/C12H16N4S/c1-9-15-11(8-17-9)7-16(2)6-10-3-4-12(13)14-5-10/h3-5,8H,6-7H2,1-2H3,(H2,13,14). The smallest absolute Gasteiger partial charge is 0.123 e. The van der Waals surface area contributed by atoms with Gasteiger partial charge in [-0.15, -0.1) is 11.3 Å². The van der Waals surface area contributed by atoms with Gasteiger partial charge >= 0.3 is 0 Å². The van der Waals surface area contributed by atoms with Crippen molar-refractivity contribution in [3.8, 4) is 0 Å². The van der Waals surface area contributed by atoms with Crippen molar-refractivity contribution < 1.29 is 0 Å². The second-order valence-corrected chi connectivity index (χ2v) is 5.18. The number of hydrogen-bond acceptors (Lipinski definition) is 5. The van der Waals surface area contributed by atoms with Crippen LogP contribution < -0.4 is 5.73 Å². The summed E-state index contributed by atoms with van der Waals surface area (Å²) < 4.78 is 0. The Morgan fingerprint density at radius 3 is 2.76 bits per heavy atom. The molecule has 2 aromatic heterocycles. The number of nitrogen functional groups attached to an aromatic ring is 1. The van der Waals surface area contributed by atoms with E-state index in [1.165, 1.54) is 0 Å². The number of aromatic nitrogens is 2. The summed E-state index contributed by atoms with van der Waals surface area (Å²) in [5.41, 5.74) is 7.83. The summed E-state index contributed by atoms with van der Waals surface area (Å²) in [5.74, 6) is 0.562. The van der Waals surface area contributed by atoms with Crippen molar-refractivity contribution in [3.63, 3.8) is 0 Å². The van der Waals surface area contributed by atoms with E-state index in [1.54, 1.807) is 11.3 Å². The zero-order chi connectivity index (χ0) is 12.3. The summed E-state index contributed by atoms with van der Waals surface area (Å²) in [6.07, 6.45) is 1.82. The predicted octanol–water partition coefficient (Wildman–Crippen LogP) is 2.06. The third-order valence-corrected chi connectivity index (χ3v) is 3.22. The average molecular weight is 248 g/mol. The molecule has 0 aliphatic carbocycles. The van der Waals surface area contributed by atoms with Crippen LogP contribution in [0.25, 0.3) is 0 Å². The van der Waals surface area contributed by atoms with Crippen LogP contribution in [0.1, 0.15) is 16.3 Å². The minimum Gasteiger partial charge on any atom is -0.384 e. The second kappa shape index (κ2) is 5.25. The van der Waals surface area contributed by atoms with E-state index in [-0.39, 0.29) is 0 Å². The van der Waals surface area contributed by atoms with Crippen LogP contribution in [0.5, 0.6) is 0 Å². The van der Waals surface area contributed by atoms with E-state index in [0.717, 1.165) is 29.4 Å². The number of hydrogen-bond donors (Lipinski definition) is 1. The number of nitrogens with two attached hydrogens (primary N) is 1. The molecule has 0 unspecified atom stereocenters. The van der Waals surface area contributed by atoms with Gasteiger partial charge in [-0.05, 0) is 25.6 Å². The summed E-state index contributed by atoms with van der Waals surface area (Å²) in [6, 6.07) is 3.83. The lowest BCUT2D eigenvalue weighted by atomic mass is 10.2. The van der Waals surface area contributed by atoms with E-state index in [9.17, 15) is 0 Å². The molecule has 0 aliphatic rings. The maximum absolute atomic E-state index is 5.55. The molecule has 0 atom stereocenters. The molecule has 0 fully saturated rings. The molecule has 0 bridgehead atoms. The Hall–Kier alpha value is -1.46. The highest BCUT2D eigenvalue weighted by Gasteiger charge is 2.04. The van der Waals surface area contributed by atoms with E-state index in [0.29, 0.717) is 5.82 Å². The maximum atomic E-state index is 5.55. The Morgan fingerprint density at radius 2 is 2.18 bits per heavy atom. The number of thiazole rings is 1. The minimum atomic E-state index is 0.562. The van der Waals surface area contributed by atoms with Gasteiger partial charge in [0, 0.05) is 24.7 Å². The first-order valence-corrected chi connectivity index (χ1v) is 6.31. The summed E-state index contributed by atoms with van der Waals surface area (Å²) in [5, 5.41) is 3.22. The van der Waals surface area contributed by atoms with Crippen LogP contribution in [0, 0.1) is 6.92 Å². The van der Waals surface area contributed by atoms with Gasteiger partial charge in [-0.2, -0.15) is 0 Å². The zero-order valence-corrected chi connectivity index (χ0v) is 10.9. The third kappa shape index (κ3) is 3.51. The number of pyridine rings is 1. The van der Waals surface area contributed by atoms with Gasteiger partial charge in [-0.1, -0.05) is 6.07 Å². The molecule has 2 heterocycles. The van der Waals surface area contributed by atoms with E-state index in [1.807, 2.05) is 25.3 Å². The topological polar surface area (TPSA) is 55.0 Å². The molecule has 2 N–H and O–H groups in total. The summed E-state index contributed by atoms with van der Waals surface area (Å²) in [4.78, 5) is 10.7. The highest BCUT2D eigenvalue weighted by molar-refractivity contribution is 7.09. The van der Waals surface area contributed by atoms with Crippen LogP contribution in [0.3, 0.4) is 0 Å². The van der Waals surface area contributed by atoms with Crippen molar-refractivity contribution in [2.75, 3.05) is 12.8 Å². The quantitative estimate of drug-likeness (QED) is 0.900. The molecule has 2 aromatic rings. The minimum absolute atomic E-state index is 0.562. The fourth-order valence-corrected chi connectivity index (χ4v) is 2.26. The molecule has 0 saturated carbocycles. The maximum Gasteiger partial charge on any atom is 0.123 e. The first-order chi connectivity index (χ1) is 8.13. The highest BCUT2D eigenvalue weighted by atomic mass is 32.1. The Labute approximate surface area is 105 Å². The van der Waals surface area contributed by atoms with E-state index < -0.39 is 0 Å². The fraction of sp³-hybridized carbons (Fsp3) is 0.333. The van der Waals surface area contributed by atoms with Gasteiger partial charge in [0.2, 0.25) is 0 Å². The van der Waals surface area contributed by atoms with Gasteiger partial charge in [0.1, 0.15) is 5.82 Å². The van der Waals surface area contributed by atoms with Gasteiger partial charge in [-0.25, -0.2) is 9.97 Å². The van der Waals surface area contributed by atoms with Crippen molar-refractivity contribution >= 4 is 17.2 Å². The van der Waals surface area contributed by atoms with Gasteiger partial charge in [0.15, 0.2) is 0 Å². The second-order valence-electron chi connectivity index (χ2n) is 4.12. The normalized spacial score (nSPS) is 11.0. The largest absolute Gasteiger partial charge is 0.384 e. The summed E-state index contributed by atoms with van der Waals surface area (Å²) >= 11 is 1.69. The lowest BCUT2D eigenvalue weighted by molar-refractivity contribution is 0.315. The van der Waals surface area contributed by atoms with Crippen molar-refractivity contribution in [3.05, 3.63) is 40.0 Å². The summed E-state index contributed by atoms with van der Waals surface area (Å²) in [7, 11) is 2.07. The van der Waals surface area contributed by atoms with Crippen molar-refractivity contribution in [2.45, 2.75) is 20.0 Å². The lowest BCUT2D eigenvalue weighted by Crippen LogP contribution is -2.17. The monoisotopic (exact) mass is 248 g/mol. The number of rotatable bonds is 4. The predicted molar refractivity (Wildman–Crippen MR) is 70.7 cm³/mol. The first kappa shape index (κ1) is 12.0. The molecule has 90 valence electrons. The van der Waals surface area contributed by atoms with Crippen LogP contribution >= 0.6 is 11.3 Å². The molecule has 5 heteroatoms. The van der Waals surface area contributed by atoms with E-state index in [2.05, 4.69) is 27.3 Å². The zero-order valence-electron chi connectivity index (χ0n) is 10.1. The average Bonchev–Trinajstić information content (AvgIpc) is 2.67. The van der Waals surface area contributed by atoms with Crippen LogP contribution in [0.15, 0.2) is 23.7 Å². The number of anilines is 1.